The fourth-order valence-electron chi connectivity index (χ4n) is 3.03. The molecule has 124 valence electrons. The maximum absolute atomic E-state index is 14.0. The van der Waals surface area contributed by atoms with Crippen molar-refractivity contribution >= 4 is 17.5 Å². The number of rotatable bonds is 3. The lowest BCUT2D eigenvalue weighted by Crippen LogP contribution is -2.49. The molecule has 2 N–H and O–H groups in total. The van der Waals surface area contributed by atoms with Gasteiger partial charge in [-0.2, -0.15) is 0 Å². The van der Waals surface area contributed by atoms with E-state index in [2.05, 4.69) is 4.98 Å². The number of ether oxygens (including phenoxy) is 1. The summed E-state index contributed by atoms with van der Waals surface area (Å²) in [7, 11) is 0. The van der Waals surface area contributed by atoms with Gasteiger partial charge in [0.05, 0.1) is 19.8 Å². The van der Waals surface area contributed by atoms with Crippen molar-refractivity contribution in [3.8, 4) is 0 Å². The number of hydrogen-bond acceptors (Lipinski definition) is 5. The molecule has 2 aliphatic heterocycles. The zero-order valence-corrected chi connectivity index (χ0v) is 12.7. The second-order valence-electron chi connectivity index (χ2n) is 5.70. The van der Waals surface area contributed by atoms with Crippen LogP contribution in [-0.2, 0) is 9.53 Å². The van der Waals surface area contributed by atoms with Gasteiger partial charge in [0, 0.05) is 31.4 Å². The molecule has 0 spiro atoms. The molecule has 2 atom stereocenters. The van der Waals surface area contributed by atoms with Gasteiger partial charge >= 0.3 is 0 Å². The molecule has 7 nitrogen and oxygen atoms in total. The maximum atomic E-state index is 14.0. The summed E-state index contributed by atoms with van der Waals surface area (Å²) in [6.45, 7) is 2.15. The van der Waals surface area contributed by atoms with Crippen LogP contribution in [0.3, 0.4) is 0 Å². The second kappa shape index (κ2) is 6.49. The van der Waals surface area contributed by atoms with E-state index in [1.807, 2.05) is 0 Å². The van der Waals surface area contributed by atoms with Gasteiger partial charge in [-0.25, -0.2) is 4.39 Å². The number of aromatic nitrogens is 1. The Bertz CT molecular complexity index is 606. The van der Waals surface area contributed by atoms with E-state index in [1.165, 1.54) is 12.3 Å². The summed E-state index contributed by atoms with van der Waals surface area (Å²) < 4.78 is 19.2. The van der Waals surface area contributed by atoms with Crippen LogP contribution in [0.2, 0.25) is 0 Å². The molecule has 0 aliphatic carbocycles. The average Bonchev–Trinajstić information content (AvgIpc) is 2.97. The van der Waals surface area contributed by atoms with Crippen molar-refractivity contribution in [2.75, 3.05) is 37.7 Å². The predicted octanol–water partition coefficient (Wildman–Crippen LogP) is -0.0439. The van der Waals surface area contributed by atoms with Crippen molar-refractivity contribution in [2.24, 2.45) is 5.73 Å². The molecule has 1 aromatic heterocycles. The Morgan fingerprint density at radius 2 is 2.09 bits per heavy atom. The third-order valence-electron chi connectivity index (χ3n) is 4.19. The summed E-state index contributed by atoms with van der Waals surface area (Å²) in [6, 6.07) is 2.58. The lowest BCUT2D eigenvalue weighted by Gasteiger charge is -2.33. The number of hydrogen-bond donors (Lipinski definition) is 1. The van der Waals surface area contributed by atoms with Crippen molar-refractivity contribution in [1.82, 2.24) is 9.88 Å². The van der Waals surface area contributed by atoms with E-state index in [-0.39, 0.29) is 24.6 Å². The summed E-state index contributed by atoms with van der Waals surface area (Å²) in [4.78, 5) is 31.3. The van der Waals surface area contributed by atoms with Crippen LogP contribution < -0.4 is 10.6 Å². The van der Waals surface area contributed by atoms with Crippen molar-refractivity contribution in [3.63, 3.8) is 0 Å². The summed E-state index contributed by atoms with van der Waals surface area (Å²) in [5.74, 6) is -0.759. The average molecular weight is 322 g/mol. The number of alkyl halides is 1. The molecule has 0 radical (unpaired) electrons. The van der Waals surface area contributed by atoms with Gasteiger partial charge in [-0.1, -0.05) is 0 Å². The molecule has 0 unspecified atom stereocenters. The highest BCUT2D eigenvalue weighted by atomic mass is 19.1. The number of primary amides is 1. The highest BCUT2D eigenvalue weighted by Crippen LogP contribution is 2.29. The third kappa shape index (κ3) is 3.26. The molecule has 0 aromatic carbocycles. The number of amides is 2. The molecule has 0 bridgehead atoms. The van der Waals surface area contributed by atoms with Crippen LogP contribution in [0.5, 0.6) is 0 Å². The van der Waals surface area contributed by atoms with Crippen LogP contribution in [-0.4, -0.2) is 66.8 Å². The molecular weight excluding hydrogens is 303 g/mol. The minimum Gasteiger partial charge on any atom is -0.378 e. The standard InChI is InChI=1S/C15H19FN4O3/c16-10-7-13(15(22)19-3-5-23-6-4-19)20(9-10)11-1-2-18-12(8-11)14(17)21/h1-2,8,10,13H,3-7,9H2,(H2,17,21)/t10-,13+/m1/s1. The van der Waals surface area contributed by atoms with E-state index in [0.717, 1.165) is 0 Å². The van der Waals surface area contributed by atoms with Crippen molar-refractivity contribution in [1.29, 1.82) is 0 Å². The van der Waals surface area contributed by atoms with Gasteiger partial charge in [0.25, 0.3) is 5.91 Å². The second-order valence-corrected chi connectivity index (χ2v) is 5.70. The van der Waals surface area contributed by atoms with Crippen molar-refractivity contribution < 1.29 is 18.7 Å². The summed E-state index contributed by atoms with van der Waals surface area (Å²) in [5.41, 5.74) is 5.92. The number of carbonyl (C=O) groups is 2. The topological polar surface area (TPSA) is 88.8 Å². The normalized spacial score (nSPS) is 24.7. The molecular formula is C15H19FN4O3. The lowest BCUT2D eigenvalue weighted by molar-refractivity contribution is -0.136. The third-order valence-corrected chi connectivity index (χ3v) is 4.19. The first-order valence-corrected chi connectivity index (χ1v) is 7.59. The van der Waals surface area contributed by atoms with Gasteiger partial charge in [0.1, 0.15) is 17.9 Å². The molecule has 8 heteroatoms. The number of nitrogens with two attached hydrogens (primary N) is 1. The number of nitrogens with zero attached hydrogens (tertiary/aromatic N) is 3. The van der Waals surface area contributed by atoms with Crippen LogP contribution in [0.25, 0.3) is 0 Å². The molecule has 3 heterocycles. The maximum Gasteiger partial charge on any atom is 0.267 e. The molecule has 2 fully saturated rings. The fourth-order valence-corrected chi connectivity index (χ4v) is 3.03. The van der Waals surface area contributed by atoms with Gasteiger partial charge in [-0.15, -0.1) is 0 Å². The highest BCUT2D eigenvalue weighted by Gasteiger charge is 2.39. The van der Waals surface area contributed by atoms with Crippen LogP contribution in [0.4, 0.5) is 10.1 Å². The van der Waals surface area contributed by atoms with Gasteiger partial charge in [-0.05, 0) is 12.1 Å². The molecule has 0 saturated carbocycles. The first-order valence-electron chi connectivity index (χ1n) is 7.59. The molecule has 23 heavy (non-hydrogen) atoms. The Hall–Kier alpha value is -2.22. The fraction of sp³-hybridized carbons (Fsp3) is 0.533. The monoisotopic (exact) mass is 322 g/mol. The van der Waals surface area contributed by atoms with E-state index in [4.69, 9.17) is 10.5 Å². The van der Waals surface area contributed by atoms with Gasteiger partial charge < -0.3 is 20.3 Å². The number of pyridine rings is 1. The van der Waals surface area contributed by atoms with Gasteiger partial charge in [0.15, 0.2) is 0 Å². The Morgan fingerprint density at radius 1 is 1.35 bits per heavy atom. The Kier molecular flexibility index (Phi) is 4.42. The predicted molar refractivity (Wildman–Crippen MR) is 80.8 cm³/mol. The zero-order valence-electron chi connectivity index (χ0n) is 12.7. The van der Waals surface area contributed by atoms with E-state index in [0.29, 0.717) is 32.0 Å². The quantitative estimate of drug-likeness (QED) is 0.843. The van der Waals surface area contributed by atoms with Gasteiger partial charge in [0.2, 0.25) is 5.91 Å². The van der Waals surface area contributed by atoms with E-state index in [9.17, 15) is 14.0 Å². The summed E-state index contributed by atoms with van der Waals surface area (Å²) in [6.07, 6.45) is 0.497. The number of morpholine rings is 1. The van der Waals surface area contributed by atoms with E-state index >= 15 is 0 Å². The minimum absolute atomic E-state index is 0.0994. The zero-order chi connectivity index (χ0) is 16.4. The Morgan fingerprint density at radius 3 is 2.78 bits per heavy atom. The molecule has 2 amide bonds. The van der Waals surface area contributed by atoms with Crippen molar-refractivity contribution in [3.05, 3.63) is 24.0 Å². The van der Waals surface area contributed by atoms with Crippen LogP contribution in [0.1, 0.15) is 16.9 Å². The van der Waals surface area contributed by atoms with Crippen molar-refractivity contribution in [2.45, 2.75) is 18.6 Å². The number of halogens is 1. The van der Waals surface area contributed by atoms with E-state index < -0.39 is 18.1 Å². The smallest absolute Gasteiger partial charge is 0.267 e. The Balaban J connectivity index is 1.83. The first-order chi connectivity index (χ1) is 11.1. The van der Waals surface area contributed by atoms with Crippen LogP contribution >= 0.6 is 0 Å². The van der Waals surface area contributed by atoms with Gasteiger partial charge in [-0.3, -0.25) is 14.6 Å². The highest BCUT2D eigenvalue weighted by molar-refractivity contribution is 5.92. The largest absolute Gasteiger partial charge is 0.378 e. The number of carbonyl (C=O) groups excluding carboxylic acids is 2. The summed E-state index contributed by atoms with van der Waals surface area (Å²) in [5, 5.41) is 0. The lowest BCUT2D eigenvalue weighted by atomic mass is 10.1. The molecule has 2 aliphatic rings. The van der Waals surface area contributed by atoms with Crippen LogP contribution in [0, 0.1) is 0 Å². The SMILES string of the molecule is NC(=O)c1cc(N2C[C@H](F)C[C@H]2C(=O)N2CCOCC2)ccn1. The first kappa shape index (κ1) is 15.7. The number of anilines is 1. The molecule has 2 saturated heterocycles. The summed E-state index contributed by atoms with van der Waals surface area (Å²) >= 11 is 0. The molecule has 1 aromatic rings. The molecule has 3 rings (SSSR count). The Labute approximate surface area is 133 Å². The van der Waals surface area contributed by atoms with E-state index in [1.54, 1.807) is 15.9 Å². The van der Waals surface area contributed by atoms with Crippen LogP contribution in [0.15, 0.2) is 18.3 Å². The minimum atomic E-state index is -1.09.